The third-order valence-electron chi connectivity index (χ3n) is 6.02. The molecular weight excluding hydrogens is 531 g/mol. The second kappa shape index (κ2) is 10.3. The average molecular weight is 550 g/mol. The lowest BCUT2D eigenvalue weighted by molar-refractivity contribution is 0.0687. The maximum atomic E-state index is 13.1. The predicted octanol–water partition coefficient (Wildman–Crippen LogP) is 8.27. The van der Waals surface area contributed by atoms with Crippen molar-refractivity contribution in [3.8, 4) is 11.1 Å². The number of anilines is 1. The molecule has 0 spiro atoms. The highest BCUT2D eigenvalue weighted by molar-refractivity contribution is 6.31. The first-order valence-electron chi connectivity index (χ1n) is 11.3. The number of carbonyl (C=O) groups excluding carboxylic acids is 1. The summed E-state index contributed by atoms with van der Waals surface area (Å²) in [6.07, 6.45) is 0. The van der Waals surface area contributed by atoms with Gasteiger partial charge in [0.1, 0.15) is 0 Å². The summed E-state index contributed by atoms with van der Waals surface area (Å²) >= 11 is 18.2. The highest BCUT2D eigenvalue weighted by Crippen LogP contribution is 2.36. The minimum atomic E-state index is -1.17. The maximum Gasteiger partial charge on any atom is 0.354 e. The molecule has 5 aromatic rings. The Morgan fingerprint density at radius 2 is 1.41 bits per heavy atom. The predicted molar refractivity (Wildman–Crippen MR) is 149 cm³/mol. The Bertz CT molecular complexity index is 1640. The SMILES string of the molecule is O=C(Nc1c(C(=O)O)n(Cc2cccc(Cl)c2)c2cc(-c3ccc(Cl)cc3)ccc12)c1ccc(Cl)cc1. The normalized spacial score (nSPS) is 11.0. The second-order valence-electron chi connectivity index (χ2n) is 8.44. The molecule has 0 unspecified atom stereocenters. The number of carbonyl (C=O) groups is 2. The van der Waals surface area contributed by atoms with Gasteiger partial charge in [0.2, 0.25) is 0 Å². The largest absolute Gasteiger partial charge is 0.477 e. The van der Waals surface area contributed by atoms with E-state index >= 15 is 0 Å². The summed E-state index contributed by atoms with van der Waals surface area (Å²) in [5.41, 5.74) is 3.80. The number of hydrogen-bond acceptors (Lipinski definition) is 2. The fraction of sp³-hybridized carbons (Fsp3) is 0.0345. The number of carboxylic acids is 1. The Hall–Kier alpha value is -3.77. The lowest BCUT2D eigenvalue weighted by Crippen LogP contribution is -2.16. The van der Waals surface area contributed by atoms with Crippen molar-refractivity contribution in [2.45, 2.75) is 6.54 Å². The van der Waals surface area contributed by atoms with Crippen molar-refractivity contribution in [1.82, 2.24) is 4.57 Å². The van der Waals surface area contributed by atoms with Gasteiger partial charge in [0.15, 0.2) is 5.69 Å². The summed E-state index contributed by atoms with van der Waals surface area (Å²) in [5.74, 6) is -1.61. The molecule has 0 radical (unpaired) electrons. The van der Waals surface area contributed by atoms with Gasteiger partial charge in [0.05, 0.1) is 11.2 Å². The number of carboxylic acid groups (broad SMARTS) is 1. The number of nitrogens with zero attached hydrogens (tertiary/aromatic N) is 1. The van der Waals surface area contributed by atoms with E-state index in [0.29, 0.717) is 31.5 Å². The molecule has 8 heteroatoms. The van der Waals surface area contributed by atoms with E-state index in [-0.39, 0.29) is 17.9 Å². The van der Waals surface area contributed by atoms with E-state index in [0.717, 1.165) is 16.7 Å². The molecule has 184 valence electrons. The standard InChI is InChI=1S/C29H19Cl3N2O3/c30-21-9-4-18(5-10-21)20-8-13-24-25(15-20)34(16-17-2-1-3-23(32)14-17)27(29(36)37)26(24)33-28(35)19-6-11-22(31)12-7-19/h1-15H,16H2,(H,33,35)(H,36,37). The average Bonchev–Trinajstić information content (AvgIpc) is 3.17. The highest BCUT2D eigenvalue weighted by Gasteiger charge is 2.25. The van der Waals surface area contributed by atoms with Crippen LogP contribution in [0.1, 0.15) is 26.4 Å². The Morgan fingerprint density at radius 1 is 0.757 bits per heavy atom. The van der Waals surface area contributed by atoms with Crippen molar-refractivity contribution in [2.24, 2.45) is 0 Å². The van der Waals surface area contributed by atoms with Gasteiger partial charge in [-0.1, -0.05) is 71.2 Å². The number of fused-ring (bicyclic) bond motifs is 1. The zero-order valence-electron chi connectivity index (χ0n) is 19.2. The van der Waals surface area contributed by atoms with Gasteiger partial charge in [0.25, 0.3) is 5.91 Å². The number of aromatic carboxylic acids is 1. The smallest absolute Gasteiger partial charge is 0.354 e. The van der Waals surface area contributed by atoms with Crippen LogP contribution < -0.4 is 5.32 Å². The van der Waals surface area contributed by atoms with E-state index in [9.17, 15) is 14.7 Å². The fourth-order valence-electron chi connectivity index (χ4n) is 4.29. The first-order chi connectivity index (χ1) is 17.8. The molecule has 5 rings (SSSR count). The molecule has 2 N–H and O–H groups in total. The van der Waals surface area contributed by atoms with Crippen molar-refractivity contribution in [1.29, 1.82) is 0 Å². The molecule has 0 aliphatic rings. The molecule has 1 aromatic heterocycles. The zero-order valence-corrected chi connectivity index (χ0v) is 21.5. The molecule has 0 bridgehead atoms. The van der Waals surface area contributed by atoms with Crippen LogP contribution in [0.25, 0.3) is 22.0 Å². The highest BCUT2D eigenvalue weighted by atomic mass is 35.5. The number of hydrogen-bond donors (Lipinski definition) is 2. The molecule has 0 saturated heterocycles. The third-order valence-corrected chi connectivity index (χ3v) is 6.76. The van der Waals surface area contributed by atoms with Gasteiger partial charge in [-0.2, -0.15) is 0 Å². The second-order valence-corrected chi connectivity index (χ2v) is 9.75. The lowest BCUT2D eigenvalue weighted by Gasteiger charge is -2.11. The molecular formula is C29H19Cl3N2O3. The topological polar surface area (TPSA) is 71.3 Å². The minimum absolute atomic E-state index is 0.0365. The molecule has 1 amide bonds. The fourth-order valence-corrected chi connectivity index (χ4v) is 4.75. The minimum Gasteiger partial charge on any atom is -0.477 e. The molecule has 37 heavy (non-hydrogen) atoms. The first kappa shape index (κ1) is 24.9. The molecule has 5 nitrogen and oxygen atoms in total. The van der Waals surface area contributed by atoms with E-state index in [1.54, 1.807) is 53.1 Å². The van der Waals surface area contributed by atoms with Gasteiger partial charge in [-0.05, 0) is 71.3 Å². The van der Waals surface area contributed by atoms with Crippen molar-refractivity contribution in [2.75, 3.05) is 5.32 Å². The Morgan fingerprint density at radius 3 is 2.05 bits per heavy atom. The molecule has 4 aromatic carbocycles. The molecule has 0 saturated carbocycles. The molecule has 0 aliphatic heterocycles. The van der Waals surface area contributed by atoms with Crippen LogP contribution in [-0.2, 0) is 6.54 Å². The van der Waals surface area contributed by atoms with Crippen molar-refractivity contribution in [3.63, 3.8) is 0 Å². The summed E-state index contributed by atoms with van der Waals surface area (Å²) < 4.78 is 1.68. The number of rotatable bonds is 6. The molecule has 0 fully saturated rings. The van der Waals surface area contributed by atoms with Crippen molar-refractivity contribution < 1.29 is 14.7 Å². The number of halogens is 3. The van der Waals surface area contributed by atoms with Gasteiger partial charge >= 0.3 is 5.97 Å². The molecule has 0 atom stereocenters. The quantitative estimate of drug-likeness (QED) is 0.224. The van der Waals surface area contributed by atoms with Gasteiger partial charge < -0.3 is 15.0 Å². The third kappa shape index (κ3) is 5.20. The lowest BCUT2D eigenvalue weighted by atomic mass is 10.0. The monoisotopic (exact) mass is 548 g/mol. The molecule has 0 aliphatic carbocycles. The van der Waals surface area contributed by atoms with Gasteiger partial charge in [-0.3, -0.25) is 4.79 Å². The maximum absolute atomic E-state index is 13.1. The summed E-state index contributed by atoms with van der Waals surface area (Å²) in [6, 6.07) is 26.6. The van der Waals surface area contributed by atoms with E-state index in [2.05, 4.69) is 5.32 Å². The number of aromatic nitrogens is 1. The molecule has 1 heterocycles. The zero-order chi connectivity index (χ0) is 26.1. The van der Waals surface area contributed by atoms with Gasteiger partial charge in [0, 0.05) is 32.6 Å². The Kier molecular flexibility index (Phi) is 6.94. The first-order valence-corrected chi connectivity index (χ1v) is 12.4. The summed E-state index contributed by atoms with van der Waals surface area (Å²) in [6.45, 7) is 0.236. The number of amides is 1. The van der Waals surface area contributed by atoms with Crippen LogP contribution in [0.3, 0.4) is 0 Å². The van der Waals surface area contributed by atoms with Crippen LogP contribution in [0, 0.1) is 0 Å². The van der Waals surface area contributed by atoms with Crippen LogP contribution in [0.15, 0.2) is 91.0 Å². The van der Waals surface area contributed by atoms with E-state index < -0.39 is 11.9 Å². The summed E-state index contributed by atoms with van der Waals surface area (Å²) in [4.78, 5) is 25.7. The van der Waals surface area contributed by atoms with Crippen LogP contribution >= 0.6 is 34.8 Å². The Labute approximate surface area is 227 Å². The van der Waals surface area contributed by atoms with Crippen LogP contribution in [0.5, 0.6) is 0 Å². The van der Waals surface area contributed by atoms with Crippen LogP contribution in [0.2, 0.25) is 15.1 Å². The summed E-state index contributed by atoms with van der Waals surface area (Å²) in [5, 5.41) is 15.4. The van der Waals surface area contributed by atoms with Gasteiger partial charge in [-0.25, -0.2) is 4.79 Å². The number of nitrogens with one attached hydrogen (secondary N) is 1. The van der Waals surface area contributed by atoms with Gasteiger partial charge in [-0.15, -0.1) is 0 Å². The summed E-state index contributed by atoms with van der Waals surface area (Å²) in [7, 11) is 0. The van der Waals surface area contributed by atoms with E-state index in [1.165, 1.54) is 0 Å². The van der Waals surface area contributed by atoms with E-state index in [4.69, 9.17) is 34.8 Å². The number of benzene rings is 4. The Balaban J connectivity index is 1.69. The van der Waals surface area contributed by atoms with E-state index in [1.807, 2.05) is 42.5 Å². The van der Waals surface area contributed by atoms with Crippen molar-refractivity contribution >= 4 is 63.3 Å². The van der Waals surface area contributed by atoms with Crippen LogP contribution in [0.4, 0.5) is 5.69 Å². The van der Waals surface area contributed by atoms with Crippen LogP contribution in [-0.4, -0.2) is 21.6 Å². The van der Waals surface area contributed by atoms with Crippen molar-refractivity contribution in [3.05, 3.63) is 123 Å².